The van der Waals surface area contributed by atoms with E-state index in [2.05, 4.69) is 47.0 Å². The molecule has 1 aromatic heterocycles. The van der Waals surface area contributed by atoms with Gasteiger partial charge in [-0.15, -0.1) is 0 Å². The van der Waals surface area contributed by atoms with E-state index in [9.17, 15) is 9.59 Å². The van der Waals surface area contributed by atoms with Crippen molar-refractivity contribution in [3.05, 3.63) is 57.3 Å². The summed E-state index contributed by atoms with van der Waals surface area (Å²) in [7, 11) is 0. The summed E-state index contributed by atoms with van der Waals surface area (Å²) in [5.74, 6) is -0.0580. The van der Waals surface area contributed by atoms with Gasteiger partial charge in [-0.2, -0.15) is 11.3 Å². The molecule has 0 radical (unpaired) electrons. The van der Waals surface area contributed by atoms with Gasteiger partial charge in [-0.05, 0) is 74.3 Å². The van der Waals surface area contributed by atoms with Crippen molar-refractivity contribution in [3.8, 4) is 0 Å². The number of rotatable bonds is 8. The second-order valence-corrected chi connectivity index (χ2v) is 9.29. The van der Waals surface area contributed by atoms with Crippen LogP contribution >= 0.6 is 11.3 Å². The lowest BCUT2D eigenvalue weighted by Gasteiger charge is -2.33. The molecule has 1 saturated heterocycles. The first-order valence-corrected chi connectivity index (χ1v) is 12.3. The average molecular weight is 442 g/mol. The number of piperidine rings is 1. The molecule has 2 unspecified atom stereocenters. The number of hydrogen-bond acceptors (Lipinski definition) is 4. The van der Waals surface area contributed by atoms with Crippen molar-refractivity contribution in [2.45, 2.75) is 46.6 Å². The Morgan fingerprint density at radius 3 is 2.52 bits per heavy atom. The van der Waals surface area contributed by atoms with Crippen molar-refractivity contribution in [2.24, 2.45) is 5.92 Å². The number of carbonyl (C=O) groups excluding carboxylic acids is 2. The summed E-state index contributed by atoms with van der Waals surface area (Å²) >= 11 is 1.69. The number of aryl methyl sites for hydroxylation is 2. The lowest BCUT2D eigenvalue weighted by molar-refractivity contribution is -0.126. The van der Waals surface area contributed by atoms with Gasteiger partial charge >= 0.3 is 0 Å². The van der Waals surface area contributed by atoms with Crippen LogP contribution in [0, 0.1) is 19.8 Å². The van der Waals surface area contributed by atoms with Crippen LogP contribution < -0.4 is 5.32 Å². The maximum absolute atomic E-state index is 13.0. The molecule has 2 amide bonds. The zero-order valence-electron chi connectivity index (χ0n) is 19.2. The van der Waals surface area contributed by atoms with Crippen LogP contribution in [0.4, 0.5) is 0 Å². The summed E-state index contributed by atoms with van der Waals surface area (Å²) in [6.45, 7) is 12.0. The largest absolute Gasteiger partial charge is 0.354 e. The van der Waals surface area contributed by atoms with Crippen LogP contribution in [0.1, 0.15) is 59.8 Å². The normalized spacial score (nSPS) is 17.6. The summed E-state index contributed by atoms with van der Waals surface area (Å²) < 4.78 is 0. The maximum Gasteiger partial charge on any atom is 0.253 e. The maximum atomic E-state index is 13.0. The molecule has 168 valence electrons. The third kappa shape index (κ3) is 5.95. The Morgan fingerprint density at radius 1 is 1.19 bits per heavy atom. The number of hydrogen-bond donors (Lipinski definition) is 1. The fourth-order valence-electron chi connectivity index (χ4n) is 4.58. The van der Waals surface area contributed by atoms with Crippen LogP contribution in [0.5, 0.6) is 0 Å². The number of nitrogens with one attached hydrogen (secondary N) is 1. The molecule has 1 N–H and O–H groups in total. The van der Waals surface area contributed by atoms with Crippen LogP contribution in [-0.2, 0) is 4.79 Å². The fourth-order valence-corrected chi connectivity index (χ4v) is 5.29. The van der Waals surface area contributed by atoms with E-state index in [4.69, 9.17) is 0 Å². The Morgan fingerprint density at radius 2 is 1.90 bits per heavy atom. The molecule has 2 heterocycles. The van der Waals surface area contributed by atoms with Gasteiger partial charge in [0.2, 0.25) is 5.91 Å². The molecule has 3 rings (SSSR count). The fraction of sp³-hybridized carbons (Fsp3) is 0.520. The number of nitrogens with zero attached hydrogens (tertiary/aromatic N) is 2. The van der Waals surface area contributed by atoms with Crippen LogP contribution in [0.3, 0.4) is 0 Å². The Balaban J connectivity index is 1.63. The Kier molecular flexibility index (Phi) is 8.27. The Labute approximate surface area is 190 Å². The highest BCUT2D eigenvalue weighted by molar-refractivity contribution is 7.08. The van der Waals surface area contributed by atoms with Crippen molar-refractivity contribution in [1.29, 1.82) is 0 Å². The molecule has 0 bridgehead atoms. The van der Waals surface area contributed by atoms with Gasteiger partial charge < -0.3 is 10.2 Å². The van der Waals surface area contributed by atoms with Crippen LogP contribution in [0.15, 0.2) is 35.0 Å². The first kappa shape index (κ1) is 23.5. The SMILES string of the molecule is CCN(CC)C(CNC(=O)C1CCCN(C(=O)c2cc(C)cc(C)c2)C1)c1ccsc1. The summed E-state index contributed by atoms with van der Waals surface area (Å²) in [5.41, 5.74) is 4.15. The van der Waals surface area contributed by atoms with E-state index in [-0.39, 0.29) is 23.8 Å². The zero-order chi connectivity index (χ0) is 22.4. The number of thiophene rings is 1. The van der Waals surface area contributed by atoms with Crippen molar-refractivity contribution in [3.63, 3.8) is 0 Å². The highest BCUT2D eigenvalue weighted by Crippen LogP contribution is 2.24. The summed E-state index contributed by atoms with van der Waals surface area (Å²) in [4.78, 5) is 30.3. The topological polar surface area (TPSA) is 52.7 Å². The number of carbonyl (C=O) groups is 2. The van der Waals surface area contributed by atoms with Gasteiger partial charge in [-0.1, -0.05) is 31.0 Å². The predicted molar refractivity (Wildman–Crippen MR) is 128 cm³/mol. The Hall–Kier alpha value is -2.18. The molecule has 0 aliphatic carbocycles. The van der Waals surface area contributed by atoms with Crippen molar-refractivity contribution in [1.82, 2.24) is 15.1 Å². The molecule has 1 aliphatic heterocycles. The summed E-state index contributed by atoms with van der Waals surface area (Å²) in [6, 6.07) is 8.28. The summed E-state index contributed by atoms with van der Waals surface area (Å²) in [5, 5.41) is 7.45. The van der Waals surface area contributed by atoms with Crippen LogP contribution in [0.2, 0.25) is 0 Å². The van der Waals surface area contributed by atoms with E-state index in [1.807, 2.05) is 30.9 Å². The minimum absolute atomic E-state index is 0.0311. The lowest BCUT2D eigenvalue weighted by Crippen LogP contribution is -2.47. The third-order valence-corrected chi connectivity index (χ3v) is 6.90. The molecule has 1 aromatic carbocycles. The predicted octanol–water partition coefficient (Wildman–Crippen LogP) is 4.42. The van der Waals surface area contributed by atoms with Crippen molar-refractivity contribution < 1.29 is 9.59 Å². The monoisotopic (exact) mass is 441 g/mol. The highest BCUT2D eigenvalue weighted by atomic mass is 32.1. The smallest absolute Gasteiger partial charge is 0.253 e. The van der Waals surface area contributed by atoms with E-state index in [0.29, 0.717) is 19.6 Å². The molecule has 6 heteroatoms. The first-order valence-electron chi connectivity index (χ1n) is 11.3. The van der Waals surface area contributed by atoms with E-state index in [0.717, 1.165) is 42.6 Å². The minimum atomic E-state index is -0.150. The second kappa shape index (κ2) is 10.9. The van der Waals surface area contributed by atoms with E-state index >= 15 is 0 Å². The highest BCUT2D eigenvalue weighted by Gasteiger charge is 2.30. The van der Waals surface area contributed by atoms with Gasteiger partial charge in [0.15, 0.2) is 0 Å². The van der Waals surface area contributed by atoms with Gasteiger partial charge in [-0.25, -0.2) is 0 Å². The van der Waals surface area contributed by atoms with Crippen molar-refractivity contribution in [2.75, 3.05) is 32.7 Å². The molecule has 5 nitrogen and oxygen atoms in total. The standard InChI is InChI=1S/C25H35N3O2S/c1-5-27(6-2)23(21-9-11-31-17-21)15-26-24(29)20-8-7-10-28(16-20)25(30)22-13-18(3)12-19(4)14-22/h9,11-14,17,20,23H,5-8,10,15-16H2,1-4H3,(H,26,29). The number of benzene rings is 1. The third-order valence-electron chi connectivity index (χ3n) is 6.20. The number of amides is 2. The number of likely N-dealkylation sites (N-methyl/N-ethyl adjacent to an activating group) is 1. The molecule has 31 heavy (non-hydrogen) atoms. The zero-order valence-corrected chi connectivity index (χ0v) is 20.0. The molecule has 1 aliphatic rings. The molecular formula is C25H35N3O2S. The van der Waals surface area contributed by atoms with Crippen LogP contribution in [-0.4, -0.2) is 54.3 Å². The Bertz CT molecular complexity index is 857. The lowest BCUT2D eigenvalue weighted by atomic mass is 9.95. The molecule has 1 fully saturated rings. The van der Waals surface area contributed by atoms with E-state index in [1.54, 1.807) is 11.3 Å². The molecule has 2 aromatic rings. The molecular weight excluding hydrogens is 406 g/mol. The van der Waals surface area contributed by atoms with Gasteiger partial charge in [0, 0.05) is 25.2 Å². The second-order valence-electron chi connectivity index (χ2n) is 8.51. The van der Waals surface area contributed by atoms with E-state index in [1.165, 1.54) is 5.56 Å². The average Bonchev–Trinajstić information content (AvgIpc) is 3.30. The quantitative estimate of drug-likeness (QED) is 0.660. The molecule has 0 saturated carbocycles. The van der Waals surface area contributed by atoms with Gasteiger partial charge in [0.25, 0.3) is 5.91 Å². The first-order chi connectivity index (χ1) is 14.9. The summed E-state index contributed by atoms with van der Waals surface area (Å²) in [6.07, 6.45) is 1.69. The minimum Gasteiger partial charge on any atom is -0.354 e. The van der Waals surface area contributed by atoms with Gasteiger partial charge in [0.1, 0.15) is 0 Å². The van der Waals surface area contributed by atoms with Crippen molar-refractivity contribution >= 4 is 23.2 Å². The molecule has 2 atom stereocenters. The van der Waals surface area contributed by atoms with Gasteiger partial charge in [0.05, 0.1) is 12.0 Å². The van der Waals surface area contributed by atoms with Crippen LogP contribution in [0.25, 0.3) is 0 Å². The number of likely N-dealkylation sites (tertiary alicyclic amines) is 1. The van der Waals surface area contributed by atoms with E-state index < -0.39 is 0 Å². The van der Waals surface area contributed by atoms with Gasteiger partial charge in [-0.3, -0.25) is 14.5 Å². The molecule has 0 spiro atoms.